The minimum absolute atomic E-state index is 0.00768. The maximum absolute atomic E-state index is 12.7. The summed E-state index contributed by atoms with van der Waals surface area (Å²) in [7, 11) is 0. The summed E-state index contributed by atoms with van der Waals surface area (Å²) in [4.78, 5) is 12.1. The summed E-state index contributed by atoms with van der Waals surface area (Å²) in [6, 6.07) is 14.2. The van der Waals surface area contributed by atoms with Crippen molar-refractivity contribution in [3.8, 4) is 11.3 Å². The highest BCUT2D eigenvalue weighted by Crippen LogP contribution is 2.30. The summed E-state index contributed by atoms with van der Waals surface area (Å²) < 4.78 is 38.2. The first-order valence-corrected chi connectivity index (χ1v) is 9.72. The van der Waals surface area contributed by atoms with Gasteiger partial charge in [-0.2, -0.15) is 13.2 Å². The smallest absolute Gasteiger partial charge is 0.325 e. The molecule has 29 heavy (non-hydrogen) atoms. The maximum Gasteiger partial charge on any atom is 0.416 e. The SMILES string of the molecule is Cc1ccc(C)c(-c2ccc(SCC(=O)Nc3cccc(C(F)(F)F)c3)nn2)c1. The van der Waals surface area contributed by atoms with Crippen molar-refractivity contribution >= 4 is 23.4 Å². The van der Waals surface area contributed by atoms with Crippen LogP contribution in [-0.4, -0.2) is 21.9 Å². The van der Waals surface area contributed by atoms with Crippen molar-refractivity contribution in [3.63, 3.8) is 0 Å². The number of anilines is 1. The summed E-state index contributed by atoms with van der Waals surface area (Å²) >= 11 is 1.16. The van der Waals surface area contributed by atoms with Crippen LogP contribution in [0.2, 0.25) is 0 Å². The first-order valence-electron chi connectivity index (χ1n) is 8.73. The molecule has 0 aliphatic rings. The van der Waals surface area contributed by atoms with Crippen LogP contribution in [-0.2, 0) is 11.0 Å². The van der Waals surface area contributed by atoms with E-state index in [-0.39, 0.29) is 11.4 Å². The van der Waals surface area contributed by atoms with Crippen LogP contribution in [0.3, 0.4) is 0 Å². The molecule has 4 nitrogen and oxygen atoms in total. The average Bonchev–Trinajstić information content (AvgIpc) is 2.68. The molecule has 0 spiro atoms. The Morgan fingerprint density at radius 1 is 1.03 bits per heavy atom. The normalized spacial score (nSPS) is 11.3. The molecule has 0 fully saturated rings. The Labute approximate surface area is 170 Å². The van der Waals surface area contributed by atoms with Gasteiger partial charge in [-0.05, 0) is 55.8 Å². The molecule has 0 atom stereocenters. The van der Waals surface area contributed by atoms with E-state index in [0.29, 0.717) is 5.03 Å². The number of aromatic nitrogens is 2. The van der Waals surface area contributed by atoms with Gasteiger partial charge in [0.05, 0.1) is 17.0 Å². The summed E-state index contributed by atoms with van der Waals surface area (Å²) in [6.07, 6.45) is -4.46. The molecule has 1 N–H and O–H groups in total. The van der Waals surface area contributed by atoms with Crippen LogP contribution >= 0.6 is 11.8 Å². The second-order valence-electron chi connectivity index (χ2n) is 6.49. The topological polar surface area (TPSA) is 54.9 Å². The number of rotatable bonds is 5. The van der Waals surface area contributed by atoms with E-state index in [1.807, 2.05) is 38.1 Å². The van der Waals surface area contributed by atoms with Crippen LogP contribution in [0.15, 0.2) is 59.6 Å². The Morgan fingerprint density at radius 2 is 1.83 bits per heavy atom. The van der Waals surface area contributed by atoms with Crippen molar-refractivity contribution < 1.29 is 18.0 Å². The number of hydrogen-bond acceptors (Lipinski definition) is 4. The van der Waals surface area contributed by atoms with Gasteiger partial charge in [-0.1, -0.05) is 35.5 Å². The molecular formula is C21H18F3N3OS. The highest BCUT2D eigenvalue weighted by atomic mass is 32.2. The summed E-state index contributed by atoms with van der Waals surface area (Å²) in [5, 5.41) is 11.4. The third kappa shape index (κ3) is 5.57. The van der Waals surface area contributed by atoms with Crippen LogP contribution in [0.25, 0.3) is 11.3 Å². The van der Waals surface area contributed by atoms with E-state index in [2.05, 4.69) is 15.5 Å². The molecule has 0 aliphatic heterocycles. The van der Waals surface area contributed by atoms with E-state index in [1.54, 1.807) is 6.07 Å². The fourth-order valence-electron chi connectivity index (χ4n) is 2.66. The maximum atomic E-state index is 12.7. The molecule has 3 rings (SSSR count). The first-order chi connectivity index (χ1) is 13.7. The standard InChI is InChI=1S/C21H18F3N3OS/c1-13-6-7-14(2)17(10-13)18-8-9-20(27-26-18)29-12-19(28)25-16-5-3-4-15(11-16)21(22,23)24/h3-11H,12H2,1-2H3,(H,25,28). The quantitative estimate of drug-likeness (QED) is 0.556. The van der Waals surface area contributed by atoms with Gasteiger partial charge >= 0.3 is 6.18 Å². The molecule has 1 heterocycles. The molecule has 1 amide bonds. The lowest BCUT2D eigenvalue weighted by molar-refractivity contribution is -0.137. The lowest BCUT2D eigenvalue weighted by Crippen LogP contribution is -2.15. The van der Waals surface area contributed by atoms with Crippen molar-refractivity contribution in [1.29, 1.82) is 0 Å². The van der Waals surface area contributed by atoms with Gasteiger partial charge in [0.15, 0.2) is 0 Å². The molecule has 2 aromatic carbocycles. The number of halogens is 3. The van der Waals surface area contributed by atoms with Crippen molar-refractivity contribution in [2.45, 2.75) is 25.0 Å². The van der Waals surface area contributed by atoms with E-state index in [4.69, 9.17) is 0 Å². The van der Waals surface area contributed by atoms with Crippen molar-refractivity contribution in [1.82, 2.24) is 10.2 Å². The number of aryl methyl sites for hydroxylation is 2. The average molecular weight is 417 g/mol. The Kier molecular flexibility index (Phi) is 6.22. The monoisotopic (exact) mass is 417 g/mol. The third-order valence-electron chi connectivity index (χ3n) is 4.13. The molecule has 1 aromatic heterocycles. The lowest BCUT2D eigenvalue weighted by atomic mass is 10.0. The van der Waals surface area contributed by atoms with Gasteiger partial charge in [0.2, 0.25) is 5.91 Å². The second-order valence-corrected chi connectivity index (χ2v) is 7.49. The van der Waals surface area contributed by atoms with Gasteiger partial charge in [-0.3, -0.25) is 4.79 Å². The van der Waals surface area contributed by atoms with Crippen LogP contribution in [0.4, 0.5) is 18.9 Å². The summed E-state index contributed by atoms with van der Waals surface area (Å²) in [5.41, 5.74) is 3.24. The number of nitrogens with zero attached hydrogens (tertiary/aromatic N) is 2. The highest BCUT2D eigenvalue weighted by molar-refractivity contribution is 7.99. The molecular weight excluding hydrogens is 399 g/mol. The van der Waals surface area contributed by atoms with Crippen molar-refractivity contribution in [3.05, 3.63) is 71.3 Å². The fraction of sp³-hybridized carbons (Fsp3) is 0.190. The molecule has 3 aromatic rings. The van der Waals surface area contributed by atoms with Gasteiger partial charge in [0, 0.05) is 11.3 Å². The highest BCUT2D eigenvalue weighted by Gasteiger charge is 2.30. The van der Waals surface area contributed by atoms with Crippen LogP contribution in [0, 0.1) is 13.8 Å². The van der Waals surface area contributed by atoms with Gasteiger partial charge in [0.1, 0.15) is 5.03 Å². The first kappa shape index (κ1) is 20.9. The molecule has 0 saturated carbocycles. The van der Waals surface area contributed by atoms with Gasteiger partial charge in [-0.25, -0.2) is 0 Å². The Hall–Kier alpha value is -2.87. The fourth-order valence-corrected chi connectivity index (χ4v) is 3.28. The predicted octanol–water partition coefficient (Wildman–Crippen LogP) is 5.51. The number of carbonyl (C=O) groups excluding carboxylic acids is 1. The zero-order valence-corrected chi connectivity index (χ0v) is 16.6. The minimum Gasteiger partial charge on any atom is -0.325 e. The number of alkyl halides is 3. The minimum atomic E-state index is -4.46. The molecule has 0 radical (unpaired) electrons. The largest absolute Gasteiger partial charge is 0.416 e. The van der Waals surface area contributed by atoms with E-state index in [1.165, 1.54) is 12.1 Å². The van der Waals surface area contributed by atoms with Gasteiger partial charge in [0.25, 0.3) is 0 Å². The molecule has 0 aliphatic carbocycles. The third-order valence-corrected chi connectivity index (χ3v) is 5.05. The lowest BCUT2D eigenvalue weighted by Gasteiger charge is -2.10. The Balaban J connectivity index is 1.60. The molecule has 0 bridgehead atoms. The number of amides is 1. The van der Waals surface area contributed by atoms with Gasteiger partial charge in [-0.15, -0.1) is 10.2 Å². The van der Waals surface area contributed by atoms with Crippen molar-refractivity contribution in [2.75, 3.05) is 11.1 Å². The zero-order valence-electron chi connectivity index (χ0n) is 15.7. The van der Waals surface area contributed by atoms with E-state index < -0.39 is 17.6 Å². The van der Waals surface area contributed by atoms with Crippen molar-refractivity contribution in [2.24, 2.45) is 0 Å². The van der Waals surface area contributed by atoms with Gasteiger partial charge < -0.3 is 5.32 Å². The van der Waals surface area contributed by atoms with E-state index in [9.17, 15) is 18.0 Å². The number of nitrogens with one attached hydrogen (secondary N) is 1. The Morgan fingerprint density at radius 3 is 2.52 bits per heavy atom. The summed E-state index contributed by atoms with van der Waals surface area (Å²) in [5.74, 6) is -0.414. The predicted molar refractivity (Wildman–Crippen MR) is 108 cm³/mol. The number of thioether (sulfide) groups is 1. The number of hydrogen-bond donors (Lipinski definition) is 1. The molecule has 0 unspecified atom stereocenters. The van der Waals surface area contributed by atoms with Crippen LogP contribution < -0.4 is 5.32 Å². The number of benzene rings is 2. The molecule has 150 valence electrons. The van der Waals surface area contributed by atoms with Crippen LogP contribution in [0.1, 0.15) is 16.7 Å². The number of carbonyl (C=O) groups is 1. The van der Waals surface area contributed by atoms with E-state index in [0.717, 1.165) is 46.3 Å². The summed E-state index contributed by atoms with van der Waals surface area (Å²) in [6.45, 7) is 4.00. The zero-order chi connectivity index (χ0) is 21.0. The van der Waals surface area contributed by atoms with Crippen LogP contribution in [0.5, 0.6) is 0 Å². The van der Waals surface area contributed by atoms with E-state index >= 15 is 0 Å². The molecule has 0 saturated heterocycles. The Bertz CT molecular complexity index is 1020. The second kappa shape index (κ2) is 8.65. The molecule has 8 heteroatoms.